The molecule has 2 aromatic rings. The highest BCUT2D eigenvalue weighted by Gasteiger charge is 2.12. The van der Waals surface area contributed by atoms with Crippen LogP contribution in [-0.2, 0) is 16.4 Å². The van der Waals surface area contributed by atoms with Crippen LogP contribution in [0.1, 0.15) is 5.56 Å². The maximum absolute atomic E-state index is 13.1. The minimum Gasteiger partial charge on any atom is -0.508 e. The molecule has 6 heteroatoms. The predicted octanol–water partition coefficient (Wildman–Crippen LogP) is 2.55. The maximum atomic E-state index is 13.1. The molecule has 20 heavy (non-hydrogen) atoms. The van der Waals surface area contributed by atoms with Crippen molar-refractivity contribution in [2.24, 2.45) is 0 Å². The van der Waals surface area contributed by atoms with E-state index in [1.54, 1.807) is 18.2 Å². The van der Waals surface area contributed by atoms with Crippen LogP contribution >= 0.6 is 0 Å². The standard InChI is InChI=1S/C14H14FNO3S/c1-20(18,19)14-5-3-2-4-13(14)16-9-10-6-11(15)8-12(17)7-10/h2-8,16-17H,9H2,1H3. The summed E-state index contributed by atoms with van der Waals surface area (Å²) in [4.78, 5) is 0.181. The van der Waals surface area contributed by atoms with Gasteiger partial charge in [0.25, 0.3) is 0 Å². The van der Waals surface area contributed by atoms with E-state index in [4.69, 9.17) is 0 Å². The molecule has 2 rings (SSSR count). The maximum Gasteiger partial charge on any atom is 0.177 e. The van der Waals surface area contributed by atoms with Crippen molar-refractivity contribution in [3.8, 4) is 5.75 Å². The molecular weight excluding hydrogens is 281 g/mol. The predicted molar refractivity (Wildman–Crippen MR) is 74.9 cm³/mol. The zero-order valence-corrected chi connectivity index (χ0v) is 11.6. The molecule has 0 saturated carbocycles. The first kappa shape index (κ1) is 14.3. The second kappa shape index (κ2) is 5.50. The fourth-order valence-electron chi connectivity index (χ4n) is 1.87. The first-order chi connectivity index (χ1) is 9.36. The van der Waals surface area contributed by atoms with Gasteiger partial charge in [-0.25, -0.2) is 12.8 Å². The highest BCUT2D eigenvalue weighted by atomic mass is 32.2. The number of nitrogens with one attached hydrogen (secondary N) is 1. The van der Waals surface area contributed by atoms with E-state index in [9.17, 15) is 17.9 Å². The monoisotopic (exact) mass is 295 g/mol. The Labute approximate surface area is 116 Å². The van der Waals surface area contributed by atoms with Gasteiger partial charge in [0.05, 0.1) is 10.6 Å². The summed E-state index contributed by atoms with van der Waals surface area (Å²) in [5, 5.41) is 12.2. The van der Waals surface area contributed by atoms with E-state index in [0.29, 0.717) is 11.3 Å². The Hall–Kier alpha value is -2.08. The Bertz CT molecular complexity index is 709. The summed E-state index contributed by atoms with van der Waals surface area (Å²) in [6, 6.07) is 10.2. The first-order valence-corrected chi connectivity index (χ1v) is 7.77. The van der Waals surface area contributed by atoms with Crippen molar-refractivity contribution in [2.75, 3.05) is 11.6 Å². The van der Waals surface area contributed by atoms with E-state index in [1.807, 2.05) is 0 Å². The van der Waals surface area contributed by atoms with Crippen molar-refractivity contribution >= 4 is 15.5 Å². The van der Waals surface area contributed by atoms with E-state index in [0.717, 1.165) is 12.3 Å². The molecule has 0 unspecified atom stereocenters. The average molecular weight is 295 g/mol. The fraction of sp³-hybridized carbons (Fsp3) is 0.143. The van der Waals surface area contributed by atoms with Gasteiger partial charge in [-0.1, -0.05) is 12.1 Å². The van der Waals surface area contributed by atoms with Gasteiger partial charge in [0.1, 0.15) is 11.6 Å². The number of anilines is 1. The lowest BCUT2D eigenvalue weighted by Crippen LogP contribution is -2.06. The van der Waals surface area contributed by atoms with Gasteiger partial charge < -0.3 is 10.4 Å². The molecule has 0 bridgehead atoms. The first-order valence-electron chi connectivity index (χ1n) is 5.87. The van der Waals surface area contributed by atoms with Crippen LogP contribution in [0.15, 0.2) is 47.4 Å². The number of sulfone groups is 1. The van der Waals surface area contributed by atoms with Crippen molar-refractivity contribution in [1.82, 2.24) is 0 Å². The molecule has 0 atom stereocenters. The number of hydrogen-bond donors (Lipinski definition) is 2. The van der Waals surface area contributed by atoms with E-state index >= 15 is 0 Å². The Morgan fingerprint density at radius 2 is 1.90 bits per heavy atom. The molecule has 0 aromatic heterocycles. The third-order valence-corrected chi connectivity index (χ3v) is 3.87. The largest absolute Gasteiger partial charge is 0.508 e. The minimum atomic E-state index is -3.34. The second-order valence-corrected chi connectivity index (χ2v) is 6.42. The average Bonchev–Trinajstić information content (AvgIpc) is 2.34. The summed E-state index contributed by atoms with van der Waals surface area (Å²) in [5.41, 5.74) is 0.963. The zero-order valence-electron chi connectivity index (χ0n) is 10.8. The highest BCUT2D eigenvalue weighted by Crippen LogP contribution is 2.22. The molecule has 0 fully saturated rings. The molecule has 2 N–H and O–H groups in total. The van der Waals surface area contributed by atoms with Crippen molar-refractivity contribution in [3.63, 3.8) is 0 Å². The topological polar surface area (TPSA) is 66.4 Å². The summed E-state index contributed by atoms with van der Waals surface area (Å²) in [6.45, 7) is 0.206. The van der Waals surface area contributed by atoms with Crippen molar-refractivity contribution in [1.29, 1.82) is 0 Å². The Morgan fingerprint density at radius 1 is 1.20 bits per heavy atom. The lowest BCUT2D eigenvalue weighted by atomic mass is 10.2. The number of para-hydroxylation sites is 1. The zero-order chi connectivity index (χ0) is 14.8. The Kier molecular flexibility index (Phi) is 3.94. The normalized spacial score (nSPS) is 11.3. The van der Waals surface area contributed by atoms with Crippen molar-refractivity contribution in [3.05, 3.63) is 53.8 Å². The molecule has 0 spiro atoms. The molecule has 0 radical (unpaired) electrons. The molecule has 2 aromatic carbocycles. The fourth-order valence-corrected chi connectivity index (χ4v) is 2.73. The molecule has 0 heterocycles. The summed E-state index contributed by atoms with van der Waals surface area (Å²) in [5.74, 6) is -0.712. The van der Waals surface area contributed by atoms with Gasteiger partial charge in [-0.15, -0.1) is 0 Å². The molecule has 106 valence electrons. The smallest absolute Gasteiger partial charge is 0.177 e. The summed E-state index contributed by atoms with van der Waals surface area (Å²) in [6.07, 6.45) is 1.13. The summed E-state index contributed by atoms with van der Waals surface area (Å²) in [7, 11) is -3.34. The van der Waals surface area contributed by atoms with Crippen molar-refractivity contribution in [2.45, 2.75) is 11.4 Å². The number of halogens is 1. The third-order valence-electron chi connectivity index (χ3n) is 2.71. The van der Waals surface area contributed by atoms with Gasteiger partial charge >= 0.3 is 0 Å². The molecule has 0 aliphatic carbocycles. The van der Waals surface area contributed by atoms with E-state index in [1.165, 1.54) is 18.2 Å². The number of phenolic OH excluding ortho intramolecular Hbond substituents is 1. The van der Waals surface area contributed by atoms with Crippen LogP contribution in [0.25, 0.3) is 0 Å². The lowest BCUT2D eigenvalue weighted by molar-refractivity contribution is 0.468. The summed E-state index contributed by atoms with van der Waals surface area (Å²) >= 11 is 0. The van der Waals surface area contributed by atoms with Gasteiger partial charge in [0.2, 0.25) is 0 Å². The molecule has 4 nitrogen and oxygen atoms in total. The number of hydrogen-bond acceptors (Lipinski definition) is 4. The van der Waals surface area contributed by atoms with Crippen LogP contribution in [0.4, 0.5) is 10.1 Å². The van der Waals surface area contributed by atoms with Crippen LogP contribution in [-0.4, -0.2) is 19.8 Å². The van der Waals surface area contributed by atoms with E-state index < -0.39 is 15.7 Å². The third kappa shape index (κ3) is 3.48. The van der Waals surface area contributed by atoms with Gasteiger partial charge in [0, 0.05) is 18.9 Å². The second-order valence-electron chi connectivity index (χ2n) is 4.44. The molecular formula is C14H14FNO3S. The van der Waals surface area contributed by atoms with Gasteiger partial charge in [0.15, 0.2) is 9.84 Å². The lowest BCUT2D eigenvalue weighted by Gasteiger charge is -2.11. The Balaban J connectivity index is 2.23. The number of phenols is 1. The Morgan fingerprint density at radius 3 is 2.55 bits per heavy atom. The SMILES string of the molecule is CS(=O)(=O)c1ccccc1NCc1cc(O)cc(F)c1. The van der Waals surface area contributed by atoms with Crippen LogP contribution in [0.5, 0.6) is 5.75 Å². The molecule has 0 aliphatic rings. The molecule has 0 aliphatic heterocycles. The van der Waals surface area contributed by atoms with Crippen LogP contribution in [0, 0.1) is 5.82 Å². The molecule has 0 amide bonds. The van der Waals surface area contributed by atoms with E-state index in [2.05, 4.69) is 5.32 Å². The van der Waals surface area contributed by atoms with E-state index in [-0.39, 0.29) is 17.2 Å². The van der Waals surface area contributed by atoms with Gasteiger partial charge in [-0.05, 0) is 29.8 Å². The quantitative estimate of drug-likeness (QED) is 0.909. The molecule has 0 saturated heterocycles. The van der Waals surface area contributed by atoms with Crippen LogP contribution in [0.2, 0.25) is 0 Å². The van der Waals surface area contributed by atoms with Crippen LogP contribution in [0.3, 0.4) is 0 Å². The highest BCUT2D eigenvalue weighted by molar-refractivity contribution is 7.90. The summed E-state index contributed by atoms with van der Waals surface area (Å²) < 4.78 is 36.4. The van der Waals surface area contributed by atoms with Crippen LogP contribution < -0.4 is 5.32 Å². The number of aromatic hydroxyl groups is 1. The van der Waals surface area contributed by atoms with Crippen molar-refractivity contribution < 1.29 is 17.9 Å². The minimum absolute atomic E-state index is 0.168. The van der Waals surface area contributed by atoms with Gasteiger partial charge in [-0.2, -0.15) is 0 Å². The number of benzene rings is 2. The van der Waals surface area contributed by atoms with Gasteiger partial charge in [-0.3, -0.25) is 0 Å². The number of rotatable bonds is 4.